The molecule has 2 nitrogen and oxygen atoms in total. The summed E-state index contributed by atoms with van der Waals surface area (Å²) in [5, 5.41) is 1.18. The number of benzene rings is 2. The fraction of sp³-hybridized carbons (Fsp3) is 0.167. The van der Waals surface area contributed by atoms with E-state index in [9.17, 15) is 4.39 Å². The number of nitrogens with zero attached hydrogens (tertiary/aromatic N) is 2. The highest BCUT2D eigenvalue weighted by Crippen LogP contribution is 2.29. The Labute approximate surface area is 133 Å². The SMILES string of the molecule is Fc1ccccc1-c1cn(-c2ccccc2)c2[n+]1CCCS2. The first-order valence-electron chi connectivity index (χ1n) is 7.43. The molecule has 0 aliphatic carbocycles. The zero-order chi connectivity index (χ0) is 14.9. The minimum Gasteiger partial charge on any atom is -0.217 e. The highest BCUT2D eigenvalue weighted by atomic mass is 32.2. The number of halogens is 1. The molecule has 0 saturated carbocycles. The topological polar surface area (TPSA) is 8.81 Å². The van der Waals surface area contributed by atoms with E-state index < -0.39 is 0 Å². The van der Waals surface area contributed by atoms with Crippen molar-refractivity contribution in [3.8, 4) is 16.9 Å². The molecule has 1 aromatic heterocycles. The van der Waals surface area contributed by atoms with Crippen LogP contribution in [0.4, 0.5) is 4.39 Å². The van der Waals surface area contributed by atoms with E-state index in [1.165, 1.54) is 11.2 Å². The number of para-hydroxylation sites is 1. The monoisotopic (exact) mass is 311 g/mol. The molecule has 0 radical (unpaired) electrons. The van der Waals surface area contributed by atoms with Gasteiger partial charge in [0.25, 0.3) is 0 Å². The number of rotatable bonds is 2. The minimum atomic E-state index is -0.168. The Bertz CT molecular complexity index is 811. The molecule has 0 bridgehead atoms. The Hall–Kier alpha value is -2.07. The number of hydrogen-bond donors (Lipinski definition) is 0. The molecule has 2 heterocycles. The molecule has 0 N–H and O–H groups in total. The van der Waals surface area contributed by atoms with Crippen molar-refractivity contribution in [2.24, 2.45) is 0 Å². The molecule has 4 rings (SSSR count). The third-order valence-electron chi connectivity index (χ3n) is 3.92. The van der Waals surface area contributed by atoms with Gasteiger partial charge in [-0.1, -0.05) is 30.3 Å². The van der Waals surface area contributed by atoms with E-state index in [0.717, 1.165) is 30.1 Å². The predicted molar refractivity (Wildman–Crippen MR) is 86.7 cm³/mol. The molecule has 0 unspecified atom stereocenters. The molecule has 0 amide bonds. The second-order valence-corrected chi connectivity index (χ2v) is 6.40. The van der Waals surface area contributed by atoms with Crippen molar-refractivity contribution in [3.05, 3.63) is 66.6 Å². The number of hydrogen-bond acceptors (Lipinski definition) is 1. The van der Waals surface area contributed by atoms with Gasteiger partial charge in [0.15, 0.2) is 5.69 Å². The molecule has 0 saturated heterocycles. The molecule has 2 aromatic carbocycles. The van der Waals surface area contributed by atoms with Crippen LogP contribution < -0.4 is 4.57 Å². The van der Waals surface area contributed by atoms with Gasteiger partial charge in [0.2, 0.25) is 0 Å². The van der Waals surface area contributed by atoms with Crippen molar-refractivity contribution in [1.29, 1.82) is 0 Å². The molecule has 0 atom stereocenters. The van der Waals surface area contributed by atoms with Crippen molar-refractivity contribution >= 4 is 11.8 Å². The maximum atomic E-state index is 14.2. The summed E-state index contributed by atoms with van der Waals surface area (Å²) in [5.74, 6) is 0.937. The van der Waals surface area contributed by atoms with E-state index in [0.29, 0.717) is 5.56 Å². The lowest BCUT2D eigenvalue weighted by atomic mass is 10.1. The van der Waals surface area contributed by atoms with Crippen LogP contribution >= 0.6 is 11.8 Å². The number of fused-ring (bicyclic) bond motifs is 1. The highest BCUT2D eigenvalue weighted by molar-refractivity contribution is 7.99. The molecular formula is C18H16FN2S+. The zero-order valence-corrected chi connectivity index (χ0v) is 12.9. The lowest BCUT2D eigenvalue weighted by molar-refractivity contribution is -0.724. The van der Waals surface area contributed by atoms with Crippen molar-refractivity contribution in [2.45, 2.75) is 18.1 Å². The Balaban J connectivity index is 1.94. The minimum absolute atomic E-state index is 0.168. The third-order valence-corrected chi connectivity index (χ3v) is 5.09. The molecule has 1 aliphatic rings. The van der Waals surface area contributed by atoms with Crippen LogP contribution in [0.1, 0.15) is 6.42 Å². The summed E-state index contributed by atoms with van der Waals surface area (Å²) < 4.78 is 18.6. The second-order valence-electron chi connectivity index (χ2n) is 5.34. The summed E-state index contributed by atoms with van der Waals surface area (Å²) in [7, 11) is 0. The first kappa shape index (κ1) is 13.6. The summed E-state index contributed by atoms with van der Waals surface area (Å²) in [6, 6.07) is 17.2. The van der Waals surface area contributed by atoms with Gasteiger partial charge in [0.05, 0.1) is 12.1 Å². The third kappa shape index (κ3) is 2.24. The fourth-order valence-corrected chi connectivity index (χ4v) is 3.99. The molecular weight excluding hydrogens is 295 g/mol. The van der Waals surface area contributed by atoms with Crippen molar-refractivity contribution in [2.75, 3.05) is 5.75 Å². The molecule has 22 heavy (non-hydrogen) atoms. The molecule has 0 spiro atoms. The zero-order valence-electron chi connectivity index (χ0n) is 12.1. The smallest absolute Gasteiger partial charge is 0.217 e. The van der Waals surface area contributed by atoms with E-state index in [4.69, 9.17) is 0 Å². The normalized spacial score (nSPS) is 13.9. The van der Waals surface area contributed by atoms with Crippen LogP contribution in [0.3, 0.4) is 0 Å². The lowest BCUT2D eigenvalue weighted by Crippen LogP contribution is -2.40. The molecule has 3 aromatic rings. The Morgan fingerprint density at radius 3 is 2.59 bits per heavy atom. The summed E-state index contributed by atoms with van der Waals surface area (Å²) >= 11 is 1.83. The first-order chi connectivity index (χ1) is 10.8. The molecule has 1 aliphatic heterocycles. The van der Waals surface area contributed by atoms with Gasteiger partial charge in [0.1, 0.15) is 17.7 Å². The van der Waals surface area contributed by atoms with Gasteiger partial charge in [-0.3, -0.25) is 0 Å². The lowest BCUT2D eigenvalue weighted by Gasteiger charge is -2.10. The quantitative estimate of drug-likeness (QED) is 0.648. The van der Waals surface area contributed by atoms with Crippen LogP contribution in [0.15, 0.2) is 66.0 Å². The summed E-state index contributed by atoms with van der Waals surface area (Å²) in [6.07, 6.45) is 3.17. The van der Waals surface area contributed by atoms with Gasteiger partial charge in [-0.25, -0.2) is 8.96 Å². The van der Waals surface area contributed by atoms with Gasteiger partial charge in [0, 0.05) is 5.75 Å². The highest BCUT2D eigenvalue weighted by Gasteiger charge is 2.29. The maximum Gasteiger partial charge on any atom is 0.323 e. The van der Waals surface area contributed by atoms with E-state index in [-0.39, 0.29) is 5.82 Å². The Morgan fingerprint density at radius 1 is 1.00 bits per heavy atom. The van der Waals surface area contributed by atoms with Crippen molar-refractivity contribution < 1.29 is 8.96 Å². The van der Waals surface area contributed by atoms with Crippen LogP contribution in [-0.2, 0) is 6.54 Å². The van der Waals surface area contributed by atoms with Crippen molar-refractivity contribution in [3.63, 3.8) is 0 Å². The summed E-state index contributed by atoms with van der Waals surface area (Å²) in [4.78, 5) is 0. The summed E-state index contributed by atoms with van der Waals surface area (Å²) in [5.41, 5.74) is 2.73. The van der Waals surface area contributed by atoms with E-state index in [1.807, 2.05) is 42.1 Å². The van der Waals surface area contributed by atoms with E-state index in [2.05, 4.69) is 27.5 Å². The summed E-state index contributed by atoms with van der Waals surface area (Å²) in [6.45, 7) is 0.936. The van der Waals surface area contributed by atoms with Crippen LogP contribution in [0.25, 0.3) is 16.9 Å². The molecule has 4 heteroatoms. The largest absolute Gasteiger partial charge is 0.323 e. The Morgan fingerprint density at radius 2 is 1.77 bits per heavy atom. The molecule has 0 fully saturated rings. The predicted octanol–water partition coefficient (Wildman–Crippen LogP) is 4.07. The Kier molecular flexibility index (Phi) is 3.47. The number of imidazole rings is 1. The van der Waals surface area contributed by atoms with Gasteiger partial charge in [-0.15, -0.1) is 0 Å². The van der Waals surface area contributed by atoms with Crippen LogP contribution in [0, 0.1) is 5.82 Å². The number of aromatic nitrogens is 2. The van der Waals surface area contributed by atoms with Crippen LogP contribution in [0.5, 0.6) is 0 Å². The van der Waals surface area contributed by atoms with E-state index >= 15 is 0 Å². The standard InChI is InChI=1S/C18H16FN2S/c19-16-10-5-4-9-15(16)17-13-21(14-7-2-1-3-8-14)18-20(17)11-6-12-22-18/h1-5,7-10,13H,6,11-12H2/q+1. The van der Waals surface area contributed by atoms with Crippen molar-refractivity contribution in [1.82, 2.24) is 4.57 Å². The molecule has 110 valence electrons. The van der Waals surface area contributed by atoms with Gasteiger partial charge >= 0.3 is 5.16 Å². The average Bonchev–Trinajstić information content (AvgIpc) is 2.96. The van der Waals surface area contributed by atoms with Crippen LogP contribution in [-0.4, -0.2) is 10.3 Å². The second kappa shape index (κ2) is 5.61. The maximum absolute atomic E-state index is 14.2. The fourth-order valence-electron chi connectivity index (χ4n) is 2.89. The number of thioether (sulfide) groups is 1. The van der Waals surface area contributed by atoms with Gasteiger partial charge in [-0.05, 0) is 42.4 Å². The van der Waals surface area contributed by atoms with E-state index in [1.54, 1.807) is 6.07 Å². The first-order valence-corrected chi connectivity index (χ1v) is 8.41. The van der Waals surface area contributed by atoms with Gasteiger partial charge in [-0.2, -0.15) is 4.57 Å². The van der Waals surface area contributed by atoms with Gasteiger partial charge < -0.3 is 0 Å². The van der Waals surface area contributed by atoms with Crippen LogP contribution in [0.2, 0.25) is 0 Å². The average molecular weight is 311 g/mol.